The summed E-state index contributed by atoms with van der Waals surface area (Å²) in [6.07, 6.45) is 3.43. The zero-order valence-corrected chi connectivity index (χ0v) is 12.9. The quantitative estimate of drug-likeness (QED) is 0.584. The maximum atomic E-state index is 11.8. The van der Waals surface area contributed by atoms with Crippen molar-refractivity contribution in [3.05, 3.63) is 52.2 Å². The molecule has 0 saturated carbocycles. The molecule has 0 atom stereocenters. The van der Waals surface area contributed by atoms with Gasteiger partial charge in [-0.1, -0.05) is 53.2 Å². The summed E-state index contributed by atoms with van der Waals surface area (Å²) in [5.41, 5.74) is 1.08. The molecule has 2 rings (SSSR count). The first-order valence-corrected chi connectivity index (χ1v) is 7.88. The fraction of sp³-hybridized carbons (Fsp3) is 0.0769. The smallest absolute Gasteiger partial charge is 0.244 e. The standard InChI is InChI=1S/C13H9Cl2NOS2/c1-2-6-18-13-16-10(12(17)19-13)7-8-4-3-5-9(14)11(8)15/h2-5,7H,1,6H2. The van der Waals surface area contributed by atoms with Gasteiger partial charge < -0.3 is 0 Å². The van der Waals surface area contributed by atoms with Crippen LogP contribution in [-0.4, -0.2) is 15.2 Å². The van der Waals surface area contributed by atoms with Crippen LogP contribution in [-0.2, 0) is 4.79 Å². The Hall–Kier alpha value is -0.680. The molecule has 1 aromatic carbocycles. The van der Waals surface area contributed by atoms with Gasteiger partial charge in [-0.15, -0.1) is 6.58 Å². The average Bonchev–Trinajstić information content (AvgIpc) is 2.73. The molecular weight excluding hydrogens is 321 g/mol. The number of carbonyl (C=O) groups excluding carboxylic acids is 1. The van der Waals surface area contributed by atoms with Gasteiger partial charge in [-0.05, 0) is 29.5 Å². The highest BCUT2D eigenvalue weighted by Gasteiger charge is 2.22. The predicted molar refractivity (Wildman–Crippen MR) is 87.1 cm³/mol. The second kappa shape index (κ2) is 6.66. The second-order valence-corrected chi connectivity index (χ2v) is 6.55. The van der Waals surface area contributed by atoms with Crippen molar-refractivity contribution in [1.29, 1.82) is 0 Å². The molecule has 1 aliphatic heterocycles. The minimum atomic E-state index is -0.0809. The van der Waals surface area contributed by atoms with Crippen molar-refractivity contribution >= 4 is 62.3 Å². The summed E-state index contributed by atoms with van der Waals surface area (Å²) >= 11 is 14.6. The lowest BCUT2D eigenvalue weighted by atomic mass is 10.2. The third-order valence-corrected chi connectivity index (χ3v) is 5.04. The van der Waals surface area contributed by atoms with E-state index >= 15 is 0 Å². The van der Waals surface area contributed by atoms with Crippen LogP contribution in [0.3, 0.4) is 0 Å². The molecule has 0 bridgehead atoms. The molecule has 6 heteroatoms. The largest absolute Gasteiger partial charge is 0.279 e. The molecule has 0 saturated heterocycles. The first-order chi connectivity index (χ1) is 9.11. The van der Waals surface area contributed by atoms with Crippen molar-refractivity contribution in [2.75, 3.05) is 5.75 Å². The number of thioether (sulfide) groups is 2. The van der Waals surface area contributed by atoms with Crippen LogP contribution in [0.25, 0.3) is 6.08 Å². The Bertz CT molecular complexity index is 596. The molecule has 0 aromatic heterocycles. The molecule has 0 unspecified atom stereocenters. The molecule has 0 N–H and O–H groups in total. The first-order valence-electron chi connectivity index (χ1n) is 5.32. The highest BCUT2D eigenvalue weighted by molar-refractivity contribution is 8.45. The molecule has 0 spiro atoms. The summed E-state index contributed by atoms with van der Waals surface area (Å²) in [7, 11) is 0. The lowest BCUT2D eigenvalue weighted by Crippen LogP contribution is -1.88. The van der Waals surface area contributed by atoms with Gasteiger partial charge >= 0.3 is 0 Å². The SMILES string of the molecule is C=CCSC1=NC(=Cc2cccc(Cl)c2Cl)C(=O)S1. The molecule has 0 fully saturated rings. The number of halogens is 2. The maximum Gasteiger partial charge on any atom is 0.244 e. The fourth-order valence-electron chi connectivity index (χ4n) is 1.36. The lowest BCUT2D eigenvalue weighted by Gasteiger charge is -2.00. The third kappa shape index (κ3) is 3.66. The van der Waals surface area contributed by atoms with E-state index in [0.29, 0.717) is 21.3 Å². The van der Waals surface area contributed by atoms with Crippen molar-refractivity contribution in [2.45, 2.75) is 0 Å². The normalized spacial score (nSPS) is 16.8. The van der Waals surface area contributed by atoms with Crippen LogP contribution in [0.4, 0.5) is 0 Å². The zero-order valence-electron chi connectivity index (χ0n) is 9.73. The molecule has 1 heterocycles. The summed E-state index contributed by atoms with van der Waals surface area (Å²) in [5, 5.41) is 0.804. The van der Waals surface area contributed by atoms with Crippen LogP contribution < -0.4 is 0 Å². The van der Waals surface area contributed by atoms with Crippen LogP contribution in [0.15, 0.2) is 41.5 Å². The number of aliphatic imine (C=N–C) groups is 1. The van der Waals surface area contributed by atoms with E-state index in [9.17, 15) is 4.79 Å². The van der Waals surface area contributed by atoms with Crippen molar-refractivity contribution in [3.8, 4) is 0 Å². The molecule has 19 heavy (non-hydrogen) atoms. The Kier molecular flexibility index (Phi) is 5.16. The van der Waals surface area contributed by atoms with Gasteiger partial charge in [0.1, 0.15) is 10.1 Å². The Balaban J connectivity index is 2.28. The minimum Gasteiger partial charge on any atom is -0.279 e. The van der Waals surface area contributed by atoms with Crippen LogP contribution in [0.1, 0.15) is 5.56 Å². The number of hydrogen-bond acceptors (Lipinski definition) is 4. The van der Waals surface area contributed by atoms with Crippen LogP contribution in [0, 0.1) is 0 Å². The van der Waals surface area contributed by atoms with Gasteiger partial charge in [-0.2, -0.15) is 0 Å². The highest BCUT2D eigenvalue weighted by Crippen LogP contribution is 2.33. The van der Waals surface area contributed by atoms with Gasteiger partial charge in [0.25, 0.3) is 0 Å². The molecule has 0 radical (unpaired) electrons. The number of carbonyl (C=O) groups is 1. The van der Waals surface area contributed by atoms with Crippen LogP contribution in [0.5, 0.6) is 0 Å². The van der Waals surface area contributed by atoms with Gasteiger partial charge in [0.05, 0.1) is 10.0 Å². The summed E-state index contributed by atoms with van der Waals surface area (Å²) in [6, 6.07) is 5.28. The summed E-state index contributed by atoms with van der Waals surface area (Å²) < 4.78 is 0.731. The van der Waals surface area contributed by atoms with E-state index in [2.05, 4.69) is 11.6 Å². The monoisotopic (exact) mass is 329 g/mol. The zero-order chi connectivity index (χ0) is 13.8. The van der Waals surface area contributed by atoms with Gasteiger partial charge in [-0.3, -0.25) is 4.79 Å². The molecule has 2 nitrogen and oxygen atoms in total. The molecular formula is C13H9Cl2NOS2. The Morgan fingerprint density at radius 2 is 2.21 bits per heavy atom. The Morgan fingerprint density at radius 1 is 1.42 bits per heavy atom. The molecule has 98 valence electrons. The lowest BCUT2D eigenvalue weighted by molar-refractivity contribution is -0.107. The van der Waals surface area contributed by atoms with Gasteiger partial charge in [-0.25, -0.2) is 4.99 Å². The van der Waals surface area contributed by atoms with Crippen molar-refractivity contribution in [1.82, 2.24) is 0 Å². The maximum absolute atomic E-state index is 11.8. The van der Waals surface area contributed by atoms with E-state index in [1.165, 1.54) is 11.8 Å². The van der Waals surface area contributed by atoms with Crippen molar-refractivity contribution < 1.29 is 4.79 Å². The van der Waals surface area contributed by atoms with E-state index in [-0.39, 0.29) is 5.12 Å². The van der Waals surface area contributed by atoms with Gasteiger partial charge in [0, 0.05) is 5.75 Å². The Morgan fingerprint density at radius 3 is 2.95 bits per heavy atom. The second-order valence-electron chi connectivity index (χ2n) is 3.54. The molecule has 1 aromatic rings. The van der Waals surface area contributed by atoms with E-state index in [0.717, 1.165) is 21.9 Å². The van der Waals surface area contributed by atoms with Gasteiger partial charge in [0.15, 0.2) is 0 Å². The van der Waals surface area contributed by atoms with E-state index in [1.54, 1.807) is 30.4 Å². The van der Waals surface area contributed by atoms with E-state index in [1.807, 2.05) is 0 Å². The van der Waals surface area contributed by atoms with Gasteiger partial charge in [0.2, 0.25) is 5.12 Å². The predicted octanol–water partition coefficient (Wildman–Crippen LogP) is 4.88. The average molecular weight is 330 g/mol. The summed E-state index contributed by atoms with van der Waals surface area (Å²) in [4.78, 5) is 16.1. The number of benzene rings is 1. The van der Waals surface area contributed by atoms with Crippen LogP contribution in [0.2, 0.25) is 10.0 Å². The third-order valence-electron chi connectivity index (χ3n) is 2.20. The number of nitrogens with zero attached hydrogens (tertiary/aromatic N) is 1. The fourth-order valence-corrected chi connectivity index (χ4v) is 3.33. The number of rotatable bonds is 3. The highest BCUT2D eigenvalue weighted by atomic mass is 35.5. The molecule has 0 amide bonds. The van der Waals surface area contributed by atoms with Crippen molar-refractivity contribution in [3.63, 3.8) is 0 Å². The van der Waals surface area contributed by atoms with Crippen molar-refractivity contribution in [2.24, 2.45) is 4.99 Å². The van der Waals surface area contributed by atoms with Crippen LogP contribution >= 0.6 is 46.7 Å². The van der Waals surface area contributed by atoms with E-state index < -0.39 is 0 Å². The molecule has 1 aliphatic rings. The number of hydrogen-bond donors (Lipinski definition) is 0. The van der Waals surface area contributed by atoms with E-state index in [4.69, 9.17) is 23.2 Å². The molecule has 0 aliphatic carbocycles. The first kappa shape index (κ1) is 14.7. The summed E-state index contributed by atoms with van der Waals surface area (Å²) in [5.74, 6) is 0.727. The summed E-state index contributed by atoms with van der Waals surface area (Å²) in [6.45, 7) is 3.63. The topological polar surface area (TPSA) is 29.4 Å². The minimum absolute atomic E-state index is 0.0809. The Labute approximate surface area is 130 Å².